The number of aromatic nitrogens is 7. The molecule has 7 rings (SSSR count). The molecule has 240 valence electrons. The Kier molecular flexibility index (Phi) is 8.20. The molecule has 0 radical (unpaired) electrons. The van der Waals surface area contributed by atoms with Gasteiger partial charge < -0.3 is 10.3 Å². The Morgan fingerprint density at radius 3 is 2.66 bits per heavy atom. The number of hydrogen-bond acceptors (Lipinski definition) is 8. The number of rotatable bonds is 9. The van der Waals surface area contributed by atoms with Crippen molar-refractivity contribution in [3.63, 3.8) is 0 Å². The van der Waals surface area contributed by atoms with E-state index in [1.165, 1.54) is 31.4 Å². The van der Waals surface area contributed by atoms with E-state index < -0.39 is 15.8 Å². The van der Waals surface area contributed by atoms with Gasteiger partial charge in [-0.15, -0.1) is 0 Å². The van der Waals surface area contributed by atoms with Crippen molar-refractivity contribution < 1.29 is 17.6 Å². The van der Waals surface area contributed by atoms with E-state index in [1.54, 1.807) is 36.9 Å². The molecule has 4 N–H and O–H groups in total. The normalized spacial score (nSPS) is 14.2. The summed E-state index contributed by atoms with van der Waals surface area (Å²) in [6.45, 7) is -0.0632. The van der Waals surface area contributed by atoms with Gasteiger partial charge in [0.25, 0.3) is 0 Å². The molecule has 1 aliphatic carbocycles. The zero-order valence-electron chi connectivity index (χ0n) is 25.5. The minimum Gasteiger partial charge on any atom is -0.336 e. The summed E-state index contributed by atoms with van der Waals surface area (Å²) in [6, 6.07) is 9.80. The third-order valence-corrected chi connectivity index (χ3v) is 9.03. The fourth-order valence-electron chi connectivity index (χ4n) is 6.13. The first-order chi connectivity index (χ1) is 22.7. The van der Waals surface area contributed by atoms with Crippen molar-refractivity contribution in [3.05, 3.63) is 72.6 Å². The monoisotopic (exact) mass is 653 g/mol. The number of sulfonamides is 1. The maximum absolute atomic E-state index is 14.6. The number of halogens is 1. The molecule has 0 atom stereocenters. The molecule has 47 heavy (non-hydrogen) atoms. The van der Waals surface area contributed by atoms with E-state index in [2.05, 4.69) is 40.2 Å². The van der Waals surface area contributed by atoms with E-state index in [4.69, 9.17) is 4.98 Å². The summed E-state index contributed by atoms with van der Waals surface area (Å²) in [6.07, 6.45) is 14.0. The standard InChI is InChI=1S/C33H32FN9O3S/c1-47(45,46)38-15-20-9-21(12-23(34)10-20)30-32-26(7-8-36-30)40-33(41-32)31-25-14-27(37-18-28(25)42-43-31)22-13-24(17-35-16-22)39-29(44)11-19-5-3-2-4-6-19/h7-10,12-14,16-19,38H,2-6,11,15H2,1H3,(H,39,44)(H,40,41)(H,42,43). The van der Waals surface area contributed by atoms with E-state index in [-0.39, 0.29) is 12.5 Å². The van der Waals surface area contributed by atoms with Crippen LogP contribution in [0.2, 0.25) is 0 Å². The van der Waals surface area contributed by atoms with Gasteiger partial charge in [-0.2, -0.15) is 5.10 Å². The summed E-state index contributed by atoms with van der Waals surface area (Å²) in [5.74, 6) is 0.372. The molecule has 1 aliphatic rings. The third-order valence-electron chi connectivity index (χ3n) is 8.36. The Hall–Kier alpha value is -5.08. The van der Waals surface area contributed by atoms with Crippen molar-refractivity contribution in [2.45, 2.75) is 45.1 Å². The van der Waals surface area contributed by atoms with Crippen molar-refractivity contribution in [2.75, 3.05) is 11.6 Å². The molecular formula is C33H32FN9O3S. The topological polar surface area (TPSA) is 171 Å². The summed E-state index contributed by atoms with van der Waals surface area (Å²) in [4.78, 5) is 34.3. The Bertz CT molecular complexity index is 2230. The molecule has 0 saturated heterocycles. The Morgan fingerprint density at radius 2 is 1.83 bits per heavy atom. The summed E-state index contributed by atoms with van der Waals surface area (Å²) in [7, 11) is -3.46. The molecule has 0 aliphatic heterocycles. The van der Waals surface area contributed by atoms with Crippen LogP contribution in [0, 0.1) is 11.7 Å². The minimum absolute atomic E-state index is 0.00448. The fourth-order valence-corrected chi connectivity index (χ4v) is 6.56. The fraction of sp³-hybridized carbons (Fsp3) is 0.273. The molecule has 12 nitrogen and oxygen atoms in total. The second-order valence-corrected chi connectivity index (χ2v) is 13.8. The third kappa shape index (κ3) is 6.88. The van der Waals surface area contributed by atoms with Crippen LogP contribution in [-0.2, 0) is 21.4 Å². The van der Waals surface area contributed by atoms with Crippen molar-refractivity contribution >= 4 is 43.6 Å². The van der Waals surface area contributed by atoms with E-state index >= 15 is 0 Å². The van der Waals surface area contributed by atoms with Gasteiger partial charge in [0.2, 0.25) is 15.9 Å². The number of pyridine rings is 3. The average molecular weight is 654 g/mol. The van der Waals surface area contributed by atoms with Crippen LogP contribution in [-0.4, -0.2) is 55.7 Å². The second kappa shape index (κ2) is 12.6. The lowest BCUT2D eigenvalue weighted by atomic mass is 9.87. The molecule has 1 aromatic carbocycles. The second-order valence-electron chi connectivity index (χ2n) is 12.0. The largest absolute Gasteiger partial charge is 0.336 e. The van der Waals surface area contributed by atoms with Crippen LogP contribution in [0.15, 0.2) is 61.2 Å². The molecule has 0 unspecified atom stereocenters. The van der Waals surface area contributed by atoms with Crippen molar-refractivity contribution in [2.24, 2.45) is 5.92 Å². The van der Waals surface area contributed by atoms with Crippen LogP contribution in [0.4, 0.5) is 10.1 Å². The molecule has 6 aromatic rings. The number of imidazole rings is 1. The van der Waals surface area contributed by atoms with Crippen molar-refractivity contribution in [1.82, 2.24) is 39.8 Å². The van der Waals surface area contributed by atoms with Crippen LogP contribution in [0.25, 0.3) is 56.0 Å². The van der Waals surface area contributed by atoms with Crippen LogP contribution in [0.1, 0.15) is 44.1 Å². The lowest BCUT2D eigenvalue weighted by molar-refractivity contribution is -0.117. The SMILES string of the molecule is CS(=O)(=O)NCc1cc(F)cc(-c2nccc3[nH]c(-c4n[nH]c5cnc(-c6cncc(NC(=O)CC7CCCCC7)c6)cc45)nc23)c1. The molecule has 0 bridgehead atoms. The van der Waals surface area contributed by atoms with Gasteiger partial charge in [0.1, 0.15) is 17.0 Å². The molecule has 0 spiro atoms. The first-order valence-corrected chi connectivity index (χ1v) is 17.3. The number of fused-ring (bicyclic) bond motifs is 2. The van der Waals surface area contributed by atoms with Gasteiger partial charge in [0, 0.05) is 41.9 Å². The maximum atomic E-state index is 14.6. The van der Waals surface area contributed by atoms with Crippen LogP contribution < -0.4 is 10.0 Å². The Morgan fingerprint density at radius 1 is 0.979 bits per heavy atom. The number of anilines is 1. The highest BCUT2D eigenvalue weighted by atomic mass is 32.2. The Labute approximate surface area is 269 Å². The van der Waals surface area contributed by atoms with Gasteiger partial charge in [-0.3, -0.25) is 24.8 Å². The smallest absolute Gasteiger partial charge is 0.224 e. The van der Waals surface area contributed by atoms with E-state index in [0.29, 0.717) is 68.6 Å². The number of aromatic amines is 2. The zero-order chi connectivity index (χ0) is 32.5. The lowest BCUT2D eigenvalue weighted by Gasteiger charge is -2.20. The quantitative estimate of drug-likeness (QED) is 0.153. The van der Waals surface area contributed by atoms with Crippen LogP contribution in [0.3, 0.4) is 0 Å². The highest BCUT2D eigenvalue weighted by molar-refractivity contribution is 7.88. The highest BCUT2D eigenvalue weighted by Crippen LogP contribution is 2.33. The van der Waals surface area contributed by atoms with Gasteiger partial charge in [0.05, 0.1) is 46.8 Å². The van der Waals surface area contributed by atoms with Gasteiger partial charge in [-0.05, 0) is 60.7 Å². The average Bonchev–Trinajstić information content (AvgIpc) is 3.68. The summed E-state index contributed by atoms with van der Waals surface area (Å²) in [5, 5.41) is 11.3. The van der Waals surface area contributed by atoms with Crippen LogP contribution in [0.5, 0.6) is 0 Å². The molecule has 5 aromatic heterocycles. The summed E-state index contributed by atoms with van der Waals surface area (Å²) in [5.41, 5.74) is 5.73. The van der Waals surface area contributed by atoms with Crippen molar-refractivity contribution in [3.8, 4) is 34.0 Å². The maximum Gasteiger partial charge on any atom is 0.224 e. The first-order valence-electron chi connectivity index (χ1n) is 15.4. The lowest BCUT2D eigenvalue weighted by Crippen LogP contribution is -2.21. The number of carbonyl (C=O) groups is 1. The van der Waals surface area contributed by atoms with Gasteiger partial charge >= 0.3 is 0 Å². The summed E-state index contributed by atoms with van der Waals surface area (Å²) >= 11 is 0. The molecule has 1 fully saturated rings. The number of carbonyl (C=O) groups excluding carboxylic acids is 1. The van der Waals surface area contributed by atoms with Gasteiger partial charge in [0.15, 0.2) is 5.82 Å². The number of amides is 1. The minimum atomic E-state index is -3.46. The van der Waals surface area contributed by atoms with Gasteiger partial charge in [-0.25, -0.2) is 22.5 Å². The Balaban J connectivity index is 1.18. The van der Waals surface area contributed by atoms with Gasteiger partial charge in [-0.1, -0.05) is 19.3 Å². The van der Waals surface area contributed by atoms with Crippen molar-refractivity contribution in [1.29, 1.82) is 0 Å². The first kappa shape index (κ1) is 30.6. The zero-order valence-corrected chi connectivity index (χ0v) is 26.4. The van der Waals surface area contributed by atoms with Crippen LogP contribution >= 0.6 is 0 Å². The number of nitrogens with zero attached hydrogens (tertiary/aromatic N) is 5. The van der Waals surface area contributed by atoms with E-state index in [0.717, 1.165) is 30.0 Å². The van der Waals surface area contributed by atoms with E-state index in [1.807, 2.05) is 12.1 Å². The number of H-pyrrole nitrogens is 2. The number of hydrogen-bond donors (Lipinski definition) is 4. The predicted molar refractivity (Wildman–Crippen MR) is 177 cm³/mol. The predicted octanol–water partition coefficient (Wildman–Crippen LogP) is 5.72. The number of benzene rings is 1. The molecule has 14 heteroatoms. The van der Waals surface area contributed by atoms with E-state index in [9.17, 15) is 17.6 Å². The summed E-state index contributed by atoms with van der Waals surface area (Å²) < 4.78 is 40.2. The molecular weight excluding hydrogens is 621 g/mol. The number of nitrogens with one attached hydrogen (secondary N) is 4. The molecule has 5 heterocycles. The molecule has 1 amide bonds. The molecule has 1 saturated carbocycles. The highest BCUT2D eigenvalue weighted by Gasteiger charge is 2.19.